The van der Waals surface area contributed by atoms with Gasteiger partial charge in [0.05, 0.1) is 13.2 Å². The summed E-state index contributed by atoms with van der Waals surface area (Å²) in [6, 6.07) is 5.46. The van der Waals surface area contributed by atoms with Gasteiger partial charge in [0, 0.05) is 23.8 Å². The molecule has 1 rings (SSSR count). The van der Waals surface area contributed by atoms with Gasteiger partial charge in [-0.3, -0.25) is 0 Å². The molecule has 0 aromatic heterocycles. The van der Waals surface area contributed by atoms with Crippen LogP contribution in [0.25, 0.3) is 0 Å². The Bertz CT molecular complexity index is 409. The van der Waals surface area contributed by atoms with Gasteiger partial charge in [-0.05, 0) is 45.0 Å². The monoisotopic (exact) mass is 315 g/mol. The number of ether oxygens (including phenoxy) is 3. The predicted octanol–water partition coefficient (Wildman–Crippen LogP) is 3.79. The van der Waals surface area contributed by atoms with Gasteiger partial charge in [-0.15, -0.1) is 0 Å². The lowest BCUT2D eigenvalue weighted by Crippen LogP contribution is -2.36. The van der Waals surface area contributed by atoms with E-state index in [1.165, 1.54) is 0 Å². The van der Waals surface area contributed by atoms with E-state index in [1.54, 1.807) is 7.11 Å². The Kier molecular flexibility index (Phi) is 8.69. The van der Waals surface area contributed by atoms with Crippen molar-refractivity contribution in [2.75, 3.05) is 26.9 Å². The van der Waals surface area contributed by atoms with E-state index in [2.05, 4.69) is 12.2 Å². The fourth-order valence-electron chi connectivity index (χ4n) is 2.17. The highest BCUT2D eigenvalue weighted by atomic mass is 35.5. The van der Waals surface area contributed by atoms with Gasteiger partial charge >= 0.3 is 0 Å². The van der Waals surface area contributed by atoms with Gasteiger partial charge in [-0.2, -0.15) is 0 Å². The molecule has 120 valence electrons. The molecule has 21 heavy (non-hydrogen) atoms. The zero-order valence-corrected chi connectivity index (χ0v) is 14.1. The van der Waals surface area contributed by atoms with E-state index in [4.69, 9.17) is 25.8 Å². The smallest absolute Gasteiger partial charge is 0.176 e. The summed E-state index contributed by atoms with van der Waals surface area (Å²) >= 11 is 6.15. The molecule has 4 nitrogen and oxygen atoms in total. The predicted molar refractivity (Wildman–Crippen MR) is 86.1 cm³/mol. The van der Waals surface area contributed by atoms with Gasteiger partial charge in [0.2, 0.25) is 0 Å². The van der Waals surface area contributed by atoms with Crippen molar-refractivity contribution in [1.29, 1.82) is 0 Å². The van der Waals surface area contributed by atoms with Crippen LogP contribution in [0.4, 0.5) is 0 Å². The van der Waals surface area contributed by atoms with Crippen molar-refractivity contribution in [1.82, 2.24) is 5.32 Å². The molecule has 0 saturated carbocycles. The number of halogens is 1. The third-order valence-corrected chi connectivity index (χ3v) is 3.31. The van der Waals surface area contributed by atoms with Crippen LogP contribution in [0.1, 0.15) is 38.8 Å². The lowest BCUT2D eigenvalue weighted by Gasteiger charge is -2.29. The molecule has 0 radical (unpaired) electrons. The topological polar surface area (TPSA) is 39.7 Å². The molecule has 0 aliphatic heterocycles. The summed E-state index contributed by atoms with van der Waals surface area (Å²) in [6.07, 6.45) is 0.642. The van der Waals surface area contributed by atoms with Gasteiger partial charge in [0.25, 0.3) is 0 Å². The Hall–Kier alpha value is -0.810. The van der Waals surface area contributed by atoms with E-state index >= 15 is 0 Å². The van der Waals surface area contributed by atoms with Crippen molar-refractivity contribution in [3.63, 3.8) is 0 Å². The maximum Gasteiger partial charge on any atom is 0.176 e. The molecule has 5 heteroatoms. The fraction of sp³-hybridized carbons (Fsp3) is 0.625. The average molecular weight is 316 g/mol. The van der Waals surface area contributed by atoms with Crippen LogP contribution in [-0.2, 0) is 9.47 Å². The summed E-state index contributed by atoms with van der Waals surface area (Å²) in [5.74, 6) is 0.775. The first-order valence-corrected chi connectivity index (χ1v) is 7.85. The third kappa shape index (κ3) is 5.47. The van der Waals surface area contributed by atoms with Crippen molar-refractivity contribution >= 4 is 11.6 Å². The van der Waals surface area contributed by atoms with E-state index in [0.717, 1.165) is 24.3 Å². The number of nitrogens with one attached hydrogen (secondary N) is 1. The summed E-state index contributed by atoms with van der Waals surface area (Å²) in [5, 5.41) is 4.14. The molecule has 1 unspecified atom stereocenters. The van der Waals surface area contributed by atoms with Gasteiger partial charge < -0.3 is 19.5 Å². The molecule has 0 saturated heterocycles. The highest BCUT2D eigenvalue weighted by Crippen LogP contribution is 2.31. The van der Waals surface area contributed by atoms with Gasteiger partial charge in [-0.25, -0.2) is 0 Å². The first-order chi connectivity index (χ1) is 10.2. The van der Waals surface area contributed by atoms with E-state index < -0.39 is 0 Å². The second kappa shape index (κ2) is 10.0. The fourth-order valence-corrected chi connectivity index (χ4v) is 2.35. The third-order valence-electron chi connectivity index (χ3n) is 3.08. The summed E-state index contributed by atoms with van der Waals surface area (Å²) in [4.78, 5) is 0. The molecule has 1 aromatic rings. The zero-order valence-electron chi connectivity index (χ0n) is 13.3. The lowest BCUT2D eigenvalue weighted by atomic mass is 10.0. The number of hydrogen-bond donors (Lipinski definition) is 1. The van der Waals surface area contributed by atoms with Gasteiger partial charge in [0.1, 0.15) is 5.75 Å². The quantitative estimate of drug-likeness (QED) is 0.667. The Labute approximate surface area is 132 Å². The SMILES string of the molecule is CCCNC(c1cc(Cl)ccc1OC)C(OCC)OCC. The van der Waals surface area contributed by atoms with E-state index in [1.807, 2.05) is 32.0 Å². The van der Waals surface area contributed by atoms with Crippen molar-refractivity contribution in [3.8, 4) is 5.75 Å². The minimum atomic E-state index is -0.376. The molecule has 1 N–H and O–H groups in total. The molecular formula is C16H26ClNO3. The van der Waals surface area contributed by atoms with Crippen LogP contribution < -0.4 is 10.1 Å². The van der Waals surface area contributed by atoms with Gasteiger partial charge in [0.15, 0.2) is 6.29 Å². The summed E-state index contributed by atoms with van der Waals surface area (Å²) < 4.78 is 17.0. The first kappa shape index (κ1) is 18.2. The first-order valence-electron chi connectivity index (χ1n) is 7.47. The van der Waals surface area contributed by atoms with Crippen LogP contribution in [0.2, 0.25) is 5.02 Å². The van der Waals surface area contributed by atoms with Crippen LogP contribution in [0.15, 0.2) is 18.2 Å². The minimum absolute atomic E-state index is 0.126. The van der Waals surface area contributed by atoms with Crippen LogP contribution >= 0.6 is 11.6 Å². The van der Waals surface area contributed by atoms with Crippen LogP contribution in [-0.4, -0.2) is 33.2 Å². The molecule has 0 spiro atoms. The highest BCUT2D eigenvalue weighted by Gasteiger charge is 2.26. The standard InChI is InChI=1S/C16H26ClNO3/c1-5-10-18-15(16(20-6-2)21-7-3)13-11-12(17)8-9-14(13)19-4/h8-9,11,15-16,18H,5-7,10H2,1-4H3. The van der Waals surface area contributed by atoms with E-state index in [0.29, 0.717) is 18.2 Å². The van der Waals surface area contributed by atoms with Crippen molar-refractivity contribution in [2.45, 2.75) is 39.5 Å². The second-order valence-corrected chi connectivity index (χ2v) is 5.03. The molecule has 0 amide bonds. The van der Waals surface area contributed by atoms with Crippen LogP contribution in [0.5, 0.6) is 5.75 Å². The minimum Gasteiger partial charge on any atom is -0.496 e. The van der Waals surface area contributed by atoms with E-state index in [9.17, 15) is 0 Å². The molecule has 0 aliphatic rings. The van der Waals surface area contributed by atoms with Crippen LogP contribution in [0, 0.1) is 0 Å². The Morgan fingerprint density at radius 2 is 1.81 bits per heavy atom. The van der Waals surface area contributed by atoms with Gasteiger partial charge in [-0.1, -0.05) is 18.5 Å². The number of hydrogen-bond acceptors (Lipinski definition) is 4. The largest absolute Gasteiger partial charge is 0.496 e. The number of benzene rings is 1. The Morgan fingerprint density at radius 1 is 1.14 bits per heavy atom. The number of rotatable bonds is 10. The van der Waals surface area contributed by atoms with Crippen molar-refractivity contribution in [2.24, 2.45) is 0 Å². The highest BCUT2D eigenvalue weighted by molar-refractivity contribution is 6.30. The molecule has 0 fully saturated rings. The van der Waals surface area contributed by atoms with Crippen molar-refractivity contribution < 1.29 is 14.2 Å². The normalized spacial score (nSPS) is 12.7. The average Bonchev–Trinajstić information content (AvgIpc) is 2.48. The maximum absolute atomic E-state index is 6.15. The van der Waals surface area contributed by atoms with Crippen LogP contribution in [0.3, 0.4) is 0 Å². The summed E-state index contributed by atoms with van der Waals surface area (Å²) in [6.45, 7) is 8.05. The molecule has 1 aromatic carbocycles. The second-order valence-electron chi connectivity index (χ2n) is 4.60. The zero-order chi connectivity index (χ0) is 15.7. The summed E-state index contributed by atoms with van der Waals surface area (Å²) in [5.41, 5.74) is 0.949. The molecule has 0 heterocycles. The molecule has 1 atom stereocenters. The molecule has 0 bridgehead atoms. The summed E-state index contributed by atoms with van der Waals surface area (Å²) in [7, 11) is 1.65. The van der Waals surface area contributed by atoms with Crippen molar-refractivity contribution in [3.05, 3.63) is 28.8 Å². The molecular weight excluding hydrogens is 290 g/mol. The Morgan fingerprint density at radius 3 is 2.33 bits per heavy atom. The number of methoxy groups -OCH3 is 1. The lowest BCUT2D eigenvalue weighted by molar-refractivity contribution is -0.155. The molecule has 0 aliphatic carbocycles. The Balaban J connectivity index is 3.12. The maximum atomic E-state index is 6.15. The van der Waals surface area contributed by atoms with E-state index in [-0.39, 0.29) is 12.3 Å².